The Morgan fingerprint density at radius 1 is 0.814 bits per heavy atom. The lowest BCUT2D eigenvalue weighted by molar-refractivity contribution is -0.153. The van der Waals surface area contributed by atoms with Crippen LogP contribution in [-0.2, 0) is 52.2 Å². The molecule has 6 aromatic rings. The van der Waals surface area contributed by atoms with Gasteiger partial charge in [-0.3, -0.25) is 14.5 Å². The molecule has 0 saturated carbocycles. The van der Waals surface area contributed by atoms with E-state index in [0.29, 0.717) is 38.4 Å². The number of amides is 2. The first-order valence-electron chi connectivity index (χ1n) is 21.7. The number of methoxy groups -OCH3 is 4. The third-order valence-electron chi connectivity index (χ3n) is 11.3. The number of nitrogens with one attached hydrogen (secondary N) is 2. The summed E-state index contributed by atoms with van der Waals surface area (Å²) in [7, 11) is 5.88. The number of oxime groups is 1. The zero-order valence-electron chi connectivity index (χ0n) is 38.4. The highest BCUT2D eigenvalue weighted by Gasteiger charge is 2.55. The maximum atomic E-state index is 14.6. The Bertz CT molecular complexity index is 2820. The molecular weight excluding hydrogens is 951 g/mol. The minimum Gasteiger partial charge on any atom is -0.497 e. The van der Waals surface area contributed by atoms with Crippen LogP contribution < -0.4 is 24.8 Å². The predicted octanol–water partition coefficient (Wildman–Crippen LogP) is 8.27. The van der Waals surface area contributed by atoms with Crippen LogP contribution >= 0.6 is 34.9 Å². The van der Waals surface area contributed by atoms with E-state index in [-0.39, 0.29) is 36.1 Å². The maximum Gasteiger partial charge on any atom is 0.356 e. The number of anilines is 1. The molecule has 0 spiro atoms. The molecule has 0 aliphatic carbocycles. The van der Waals surface area contributed by atoms with Crippen molar-refractivity contribution in [3.8, 4) is 17.2 Å². The zero-order chi connectivity index (χ0) is 49.0. The Labute approximate surface area is 416 Å². The minimum absolute atomic E-state index is 0.00638. The molecule has 70 heavy (non-hydrogen) atoms. The summed E-state index contributed by atoms with van der Waals surface area (Å²) in [6.45, 7) is -0.178. The lowest BCUT2D eigenvalue weighted by Crippen LogP contribution is -2.71. The smallest absolute Gasteiger partial charge is 0.356 e. The number of ether oxygens (including phenoxy) is 5. The van der Waals surface area contributed by atoms with Crippen molar-refractivity contribution in [1.29, 1.82) is 0 Å². The number of benzene rings is 5. The zero-order valence-corrected chi connectivity index (χ0v) is 40.8. The Hall–Kier alpha value is -7.54. The van der Waals surface area contributed by atoms with Gasteiger partial charge in [0, 0.05) is 33.7 Å². The fourth-order valence-corrected chi connectivity index (χ4v) is 10.8. The van der Waals surface area contributed by atoms with Gasteiger partial charge in [0.05, 0.1) is 28.4 Å². The average molecular weight is 998 g/mol. The van der Waals surface area contributed by atoms with E-state index in [1.165, 1.54) is 53.7 Å². The van der Waals surface area contributed by atoms with Crippen LogP contribution in [0.2, 0.25) is 0 Å². The van der Waals surface area contributed by atoms with Gasteiger partial charge in [0.2, 0.25) is 0 Å². The van der Waals surface area contributed by atoms with Crippen molar-refractivity contribution < 1.29 is 47.7 Å². The number of esters is 2. The molecule has 8 rings (SSSR count). The van der Waals surface area contributed by atoms with Gasteiger partial charge in [-0.25, -0.2) is 14.6 Å². The van der Waals surface area contributed by atoms with E-state index in [9.17, 15) is 19.2 Å². The van der Waals surface area contributed by atoms with E-state index in [2.05, 4.69) is 15.8 Å². The molecule has 3 heterocycles. The van der Waals surface area contributed by atoms with Crippen molar-refractivity contribution >= 4 is 69.5 Å². The van der Waals surface area contributed by atoms with Gasteiger partial charge in [0.15, 0.2) is 10.8 Å². The van der Waals surface area contributed by atoms with E-state index in [1.807, 2.05) is 91.0 Å². The highest BCUT2D eigenvalue weighted by atomic mass is 32.2. The minimum atomic E-state index is -1.08. The van der Waals surface area contributed by atoms with Gasteiger partial charge in [-0.2, -0.15) is 0 Å². The number of aromatic nitrogens is 1. The Balaban J connectivity index is 1.10. The molecule has 2 amide bonds. The van der Waals surface area contributed by atoms with Crippen LogP contribution in [0.3, 0.4) is 0 Å². The molecule has 358 valence electrons. The summed E-state index contributed by atoms with van der Waals surface area (Å²) in [5.41, 5.74) is 3.23. The van der Waals surface area contributed by atoms with Crippen LogP contribution in [0.15, 0.2) is 166 Å². The number of β-lactam (4-membered cyclic amide) rings is 1. The monoisotopic (exact) mass is 997 g/mol. The number of nitrogens with zero attached hydrogens (tertiary/aromatic N) is 3. The molecule has 1 fully saturated rings. The van der Waals surface area contributed by atoms with Crippen molar-refractivity contribution in [2.45, 2.75) is 30.2 Å². The molecule has 18 heteroatoms. The van der Waals surface area contributed by atoms with E-state index >= 15 is 0 Å². The highest BCUT2D eigenvalue weighted by molar-refractivity contribution is 8.08. The van der Waals surface area contributed by atoms with E-state index in [1.54, 1.807) is 62.1 Å². The predicted molar refractivity (Wildman–Crippen MR) is 269 cm³/mol. The summed E-state index contributed by atoms with van der Waals surface area (Å²) in [6, 6.07) is 41.2. The van der Waals surface area contributed by atoms with Crippen molar-refractivity contribution in [1.82, 2.24) is 15.2 Å². The van der Waals surface area contributed by atoms with Crippen LogP contribution in [0, 0.1) is 0 Å². The Morgan fingerprint density at radius 3 is 2.04 bits per heavy atom. The summed E-state index contributed by atoms with van der Waals surface area (Å²) in [6.07, 6.45) is 1.22. The molecular formula is C52H47N5O10S3. The summed E-state index contributed by atoms with van der Waals surface area (Å²) in [4.78, 5) is 67.3. The first-order chi connectivity index (χ1) is 34.2. The first-order valence-corrected chi connectivity index (χ1v) is 24.5. The second-order valence-corrected chi connectivity index (χ2v) is 18.4. The fourth-order valence-electron chi connectivity index (χ4n) is 7.78. The summed E-state index contributed by atoms with van der Waals surface area (Å²) >= 11 is 3.69. The van der Waals surface area contributed by atoms with E-state index < -0.39 is 40.7 Å². The average Bonchev–Trinajstić information content (AvgIpc) is 3.88. The molecule has 0 radical (unpaired) electrons. The first kappa shape index (κ1) is 48.9. The van der Waals surface area contributed by atoms with Crippen LogP contribution in [0.25, 0.3) is 0 Å². The Morgan fingerprint density at radius 2 is 1.44 bits per heavy atom. The number of carbonyl (C=O) groups excluding carboxylic acids is 4. The largest absolute Gasteiger partial charge is 0.497 e. The third kappa shape index (κ3) is 10.7. The van der Waals surface area contributed by atoms with Gasteiger partial charge in [-0.15, -0.1) is 23.1 Å². The SMILES string of the molecule is COC(=O)/C=C\SC1=C(C(=O)OCc2ccc(OC)cc2)N2C(=O)[C@@H](NC(=O)/C(=N\OCc3ccc(OC)cc3OC)c3csc(NC(c4ccccc4)(c4ccccc4)c4ccccc4)n3)[C@@H]2SC1. The van der Waals surface area contributed by atoms with Crippen LogP contribution in [-0.4, -0.2) is 85.0 Å². The van der Waals surface area contributed by atoms with Crippen LogP contribution in [0.5, 0.6) is 17.2 Å². The molecule has 2 aliphatic rings. The molecule has 0 bridgehead atoms. The van der Waals surface area contributed by atoms with Gasteiger partial charge >= 0.3 is 11.9 Å². The normalized spacial score (nSPS) is 15.6. The second-order valence-electron chi connectivity index (χ2n) is 15.4. The standard InChI is InChI=1S/C52H47N5O10S3/c1-62-38-23-20-33(21-24-38)29-66-50(61)46-42(68-27-26-43(58)65-4)32-69-49-45(48(60)57(46)49)54-47(59)44(56-67-30-34-22-25-39(63-2)28-41(34)64-3)40-31-70-51(53-40)55-52(35-14-8-5-9-15-35,36-16-10-6-11-17-36)37-18-12-7-13-19-37/h5-28,31,45,49H,29-30,32H2,1-4H3,(H,53,55)(H,54,59)/b27-26-,56-44-/t45-,49+/m1/s1. The van der Waals surface area contributed by atoms with E-state index in [4.69, 9.17) is 33.5 Å². The van der Waals surface area contributed by atoms with Gasteiger partial charge in [0.25, 0.3) is 11.8 Å². The van der Waals surface area contributed by atoms with Crippen LogP contribution in [0.4, 0.5) is 5.13 Å². The molecule has 2 aliphatic heterocycles. The molecule has 1 aromatic heterocycles. The van der Waals surface area contributed by atoms with Gasteiger partial charge < -0.3 is 39.2 Å². The lowest BCUT2D eigenvalue weighted by Gasteiger charge is -2.49. The third-order valence-corrected chi connectivity index (χ3v) is 14.4. The van der Waals surface area contributed by atoms with Crippen molar-refractivity contribution in [3.63, 3.8) is 0 Å². The number of hydrogen-bond donors (Lipinski definition) is 2. The number of carbonyl (C=O) groups is 4. The fraction of sp³-hybridized carbons (Fsp3) is 0.192. The van der Waals surface area contributed by atoms with Gasteiger partial charge in [-0.1, -0.05) is 120 Å². The lowest BCUT2D eigenvalue weighted by atomic mass is 9.77. The van der Waals surface area contributed by atoms with Crippen LogP contribution in [0.1, 0.15) is 33.5 Å². The topological polar surface area (TPSA) is 176 Å². The number of hydrogen-bond acceptors (Lipinski definition) is 16. The molecule has 15 nitrogen and oxygen atoms in total. The molecule has 0 unspecified atom stereocenters. The van der Waals surface area contributed by atoms with Gasteiger partial charge in [0.1, 0.15) is 58.8 Å². The number of fused-ring (bicyclic) bond motifs is 1. The molecule has 2 atom stereocenters. The second kappa shape index (κ2) is 22.7. The highest BCUT2D eigenvalue weighted by Crippen LogP contribution is 2.45. The summed E-state index contributed by atoms with van der Waals surface area (Å²) in [5, 5.41) is 13.9. The van der Waals surface area contributed by atoms with Crippen molar-refractivity contribution in [3.05, 3.63) is 194 Å². The molecule has 1 saturated heterocycles. The number of thiazole rings is 1. The Kier molecular flexibility index (Phi) is 15.9. The summed E-state index contributed by atoms with van der Waals surface area (Å²) in [5.74, 6) is -0.680. The van der Waals surface area contributed by atoms with Gasteiger partial charge in [-0.05, 0) is 51.9 Å². The quantitative estimate of drug-likeness (QED) is 0.0187. The molecule has 2 N–H and O–H groups in total. The van der Waals surface area contributed by atoms with Crippen molar-refractivity contribution in [2.75, 3.05) is 39.5 Å². The summed E-state index contributed by atoms with van der Waals surface area (Å²) < 4.78 is 26.6. The number of rotatable bonds is 20. The maximum absolute atomic E-state index is 14.6. The van der Waals surface area contributed by atoms with Crippen molar-refractivity contribution in [2.24, 2.45) is 5.16 Å². The number of thioether (sulfide) groups is 2. The van der Waals surface area contributed by atoms with E-state index in [0.717, 1.165) is 28.5 Å². The molecule has 5 aromatic carbocycles.